The number of hydrogen-bond donors (Lipinski definition) is 2. The molecule has 0 atom stereocenters. The minimum absolute atomic E-state index is 0.295. The van der Waals surface area contributed by atoms with Gasteiger partial charge in [-0.05, 0) is 40.9 Å². The number of nitrogens with zero attached hydrogens (tertiary/aromatic N) is 1. The summed E-state index contributed by atoms with van der Waals surface area (Å²) in [5.74, 6) is 0. The van der Waals surface area contributed by atoms with Crippen LogP contribution in [0.5, 0.6) is 0 Å². The van der Waals surface area contributed by atoms with Crippen molar-refractivity contribution in [3.63, 3.8) is 0 Å². The lowest BCUT2D eigenvalue weighted by molar-refractivity contribution is 0.601. The quantitative estimate of drug-likeness (QED) is 0.798. The molecule has 0 amide bonds. The molecule has 0 unspecified atom stereocenters. The van der Waals surface area contributed by atoms with Crippen LogP contribution >= 0.6 is 27.3 Å². The third-order valence-corrected chi connectivity index (χ3v) is 6.16. The normalized spacial score (nSPS) is 15.1. The third kappa shape index (κ3) is 3.82. The summed E-state index contributed by atoms with van der Waals surface area (Å²) in [6, 6.07) is 3.94. The lowest BCUT2D eigenvalue weighted by Gasteiger charge is -2.07. The molecular weight excluding hydrogens is 374 g/mol. The van der Waals surface area contributed by atoms with Crippen LogP contribution in [0.4, 0.5) is 5.69 Å². The lowest BCUT2D eigenvalue weighted by atomic mass is 10.4. The summed E-state index contributed by atoms with van der Waals surface area (Å²) in [7, 11) is -3.56. The fourth-order valence-electron chi connectivity index (χ4n) is 1.79. The van der Waals surface area contributed by atoms with E-state index in [1.807, 2.05) is 0 Å². The van der Waals surface area contributed by atoms with E-state index in [0.29, 0.717) is 21.1 Å². The van der Waals surface area contributed by atoms with Gasteiger partial charge in [-0.2, -0.15) is 0 Å². The van der Waals surface area contributed by atoms with Gasteiger partial charge in [-0.15, -0.1) is 11.3 Å². The molecule has 0 bridgehead atoms. The maximum atomic E-state index is 12.4. The monoisotopic (exact) mass is 387 g/mol. The fraction of sp³-hybridized carbons (Fsp3) is 0.308. The Morgan fingerprint density at radius 3 is 2.95 bits per heavy atom. The van der Waals surface area contributed by atoms with Gasteiger partial charge in [0.15, 0.2) is 0 Å². The summed E-state index contributed by atoms with van der Waals surface area (Å²) in [6.45, 7) is 0.726. The first kappa shape index (κ1) is 15.0. The van der Waals surface area contributed by atoms with Gasteiger partial charge >= 0.3 is 0 Å². The number of sulfonamides is 1. The average Bonchev–Trinajstić information content (AvgIpc) is 3.15. The van der Waals surface area contributed by atoms with Gasteiger partial charge in [0.2, 0.25) is 0 Å². The molecule has 5 nitrogen and oxygen atoms in total. The average molecular weight is 388 g/mol. The van der Waals surface area contributed by atoms with Crippen LogP contribution in [0.3, 0.4) is 0 Å². The second-order valence-corrected chi connectivity index (χ2v) is 8.40. The van der Waals surface area contributed by atoms with Crippen molar-refractivity contribution in [2.24, 2.45) is 0 Å². The highest BCUT2D eigenvalue weighted by atomic mass is 79.9. The smallest absolute Gasteiger partial charge is 0.262 e. The van der Waals surface area contributed by atoms with Crippen LogP contribution in [0.25, 0.3) is 0 Å². The Balaban J connectivity index is 1.73. The van der Waals surface area contributed by atoms with Gasteiger partial charge in [-0.25, -0.2) is 8.42 Å². The van der Waals surface area contributed by atoms with Crippen LogP contribution in [0, 0.1) is 0 Å². The second-order valence-electron chi connectivity index (χ2n) is 4.86. The molecule has 2 aromatic heterocycles. The van der Waals surface area contributed by atoms with E-state index < -0.39 is 10.0 Å². The predicted molar refractivity (Wildman–Crippen MR) is 86.9 cm³/mol. The van der Waals surface area contributed by atoms with E-state index in [4.69, 9.17) is 0 Å². The van der Waals surface area contributed by atoms with Gasteiger partial charge in [-0.1, -0.05) is 0 Å². The largest absolute Gasteiger partial charge is 0.309 e. The Kier molecular flexibility index (Phi) is 4.30. The highest BCUT2D eigenvalue weighted by molar-refractivity contribution is 9.10. The SMILES string of the molecule is O=S(=O)(Nc1ccncc1Br)c1csc(CNC2CC2)c1. The molecule has 2 aromatic rings. The van der Waals surface area contributed by atoms with Crippen LogP contribution in [0.15, 0.2) is 39.3 Å². The van der Waals surface area contributed by atoms with Gasteiger partial charge in [0.25, 0.3) is 10.0 Å². The van der Waals surface area contributed by atoms with Crippen LogP contribution in [0.1, 0.15) is 17.7 Å². The van der Waals surface area contributed by atoms with Crippen LogP contribution < -0.4 is 10.0 Å². The molecule has 0 spiro atoms. The summed E-state index contributed by atoms with van der Waals surface area (Å²) in [5, 5.41) is 5.04. The first-order valence-electron chi connectivity index (χ1n) is 6.48. The summed E-state index contributed by atoms with van der Waals surface area (Å²) < 4.78 is 27.9. The number of nitrogens with one attached hydrogen (secondary N) is 2. The van der Waals surface area contributed by atoms with E-state index in [9.17, 15) is 8.42 Å². The zero-order chi connectivity index (χ0) is 14.9. The number of hydrogen-bond acceptors (Lipinski definition) is 5. The maximum Gasteiger partial charge on any atom is 0.262 e. The van der Waals surface area contributed by atoms with Crippen LogP contribution in [-0.4, -0.2) is 19.4 Å². The Bertz CT molecular complexity index is 741. The van der Waals surface area contributed by atoms with Crippen molar-refractivity contribution in [3.8, 4) is 0 Å². The Hall–Kier alpha value is -0.960. The highest BCUT2D eigenvalue weighted by Gasteiger charge is 2.21. The van der Waals surface area contributed by atoms with Gasteiger partial charge in [0.05, 0.1) is 15.1 Å². The van der Waals surface area contributed by atoms with Gasteiger partial charge in [0, 0.05) is 35.2 Å². The predicted octanol–water partition coefficient (Wildman–Crippen LogP) is 2.96. The summed E-state index contributed by atoms with van der Waals surface area (Å²) in [5.41, 5.74) is 0.480. The molecule has 2 N–H and O–H groups in total. The van der Waals surface area contributed by atoms with E-state index in [1.54, 1.807) is 29.9 Å². The number of halogens is 1. The minimum atomic E-state index is -3.56. The zero-order valence-corrected chi connectivity index (χ0v) is 14.3. The number of anilines is 1. The molecule has 8 heteroatoms. The van der Waals surface area contributed by atoms with Gasteiger partial charge in [-0.3, -0.25) is 9.71 Å². The van der Waals surface area contributed by atoms with Crippen molar-refractivity contribution in [1.82, 2.24) is 10.3 Å². The van der Waals surface area contributed by atoms with E-state index in [1.165, 1.54) is 24.2 Å². The maximum absolute atomic E-state index is 12.4. The van der Waals surface area contributed by atoms with Crippen molar-refractivity contribution in [2.75, 3.05) is 4.72 Å². The van der Waals surface area contributed by atoms with E-state index >= 15 is 0 Å². The number of thiophene rings is 1. The molecule has 1 saturated carbocycles. The number of aromatic nitrogens is 1. The lowest BCUT2D eigenvalue weighted by Crippen LogP contribution is -2.15. The van der Waals surface area contributed by atoms with Gasteiger partial charge < -0.3 is 5.32 Å². The van der Waals surface area contributed by atoms with Crippen molar-refractivity contribution in [3.05, 3.63) is 39.3 Å². The van der Waals surface area contributed by atoms with E-state index in [0.717, 1.165) is 11.4 Å². The Morgan fingerprint density at radius 2 is 2.24 bits per heavy atom. The van der Waals surface area contributed by atoms with E-state index in [-0.39, 0.29) is 0 Å². The summed E-state index contributed by atoms with van der Waals surface area (Å²) in [4.78, 5) is 5.23. The van der Waals surface area contributed by atoms with Crippen LogP contribution in [0.2, 0.25) is 0 Å². The molecular formula is C13H14BrN3O2S2. The zero-order valence-electron chi connectivity index (χ0n) is 11.0. The number of pyridine rings is 1. The topological polar surface area (TPSA) is 71.1 Å². The van der Waals surface area contributed by atoms with E-state index in [2.05, 4.69) is 31.0 Å². The molecule has 0 radical (unpaired) electrons. The standard InChI is InChI=1S/C13H14BrN3O2S2/c14-12-7-15-4-3-13(12)17-21(18,19)11-5-10(20-8-11)6-16-9-1-2-9/h3-5,7-9,16H,1-2,6H2,(H,15,17). The molecule has 2 heterocycles. The first-order chi connectivity index (χ1) is 10.0. The van der Waals surface area contributed by atoms with Gasteiger partial charge in [0.1, 0.15) is 0 Å². The van der Waals surface area contributed by atoms with Crippen molar-refractivity contribution < 1.29 is 8.42 Å². The fourth-order valence-corrected chi connectivity index (χ4v) is 4.57. The molecule has 21 heavy (non-hydrogen) atoms. The molecule has 1 fully saturated rings. The summed E-state index contributed by atoms with van der Waals surface area (Å²) >= 11 is 4.73. The molecule has 1 aliphatic rings. The molecule has 0 aliphatic heterocycles. The molecule has 112 valence electrons. The van der Waals surface area contributed by atoms with Crippen molar-refractivity contribution in [1.29, 1.82) is 0 Å². The Labute approximate surface area is 136 Å². The Morgan fingerprint density at radius 1 is 1.43 bits per heavy atom. The second kappa shape index (κ2) is 6.04. The third-order valence-electron chi connectivity index (χ3n) is 3.10. The van der Waals surface area contributed by atoms with Crippen molar-refractivity contribution in [2.45, 2.75) is 30.3 Å². The minimum Gasteiger partial charge on any atom is -0.309 e. The van der Waals surface area contributed by atoms with Crippen LogP contribution in [-0.2, 0) is 16.6 Å². The first-order valence-corrected chi connectivity index (χ1v) is 9.63. The van der Waals surface area contributed by atoms with Crippen molar-refractivity contribution >= 4 is 43.0 Å². The molecule has 3 rings (SSSR count). The number of rotatable bonds is 6. The molecule has 0 aromatic carbocycles. The summed E-state index contributed by atoms with van der Waals surface area (Å²) in [6.07, 6.45) is 5.53. The molecule has 1 aliphatic carbocycles. The molecule has 0 saturated heterocycles. The highest BCUT2D eigenvalue weighted by Crippen LogP contribution is 2.26.